The molecule has 0 saturated carbocycles. The van der Waals surface area contributed by atoms with Gasteiger partial charge in [0.1, 0.15) is 0 Å². The molecule has 2 saturated heterocycles. The summed E-state index contributed by atoms with van der Waals surface area (Å²) in [6.45, 7) is 5.78. The van der Waals surface area contributed by atoms with Gasteiger partial charge in [-0.1, -0.05) is 0 Å². The van der Waals surface area contributed by atoms with Crippen LogP contribution in [0.25, 0.3) is 0 Å². The van der Waals surface area contributed by atoms with Crippen molar-refractivity contribution in [2.45, 2.75) is 31.8 Å². The lowest BCUT2D eigenvalue weighted by Gasteiger charge is -2.33. The van der Waals surface area contributed by atoms with Gasteiger partial charge in [0.15, 0.2) is 0 Å². The van der Waals surface area contributed by atoms with Crippen LogP contribution in [0.3, 0.4) is 0 Å². The van der Waals surface area contributed by atoms with Crippen LogP contribution in [0.1, 0.15) is 25.7 Å². The summed E-state index contributed by atoms with van der Waals surface area (Å²) in [6.07, 6.45) is 4.58. The summed E-state index contributed by atoms with van der Waals surface area (Å²) < 4.78 is 0. The molecule has 0 spiro atoms. The molecule has 0 aromatic rings. The zero-order valence-electron chi connectivity index (χ0n) is 8.91. The quantitative estimate of drug-likeness (QED) is 0.688. The Morgan fingerprint density at radius 3 is 2.57 bits per heavy atom. The van der Waals surface area contributed by atoms with E-state index in [1.807, 2.05) is 0 Å². The molecule has 3 nitrogen and oxygen atoms in total. The van der Waals surface area contributed by atoms with Crippen molar-refractivity contribution < 1.29 is 5.11 Å². The van der Waals surface area contributed by atoms with E-state index in [0.717, 1.165) is 38.9 Å². The highest BCUT2D eigenvalue weighted by atomic mass is 16.3. The molecule has 2 aliphatic rings. The van der Waals surface area contributed by atoms with E-state index in [2.05, 4.69) is 10.2 Å². The first-order chi connectivity index (χ1) is 6.86. The zero-order chi connectivity index (χ0) is 9.80. The number of nitrogens with one attached hydrogen (secondary N) is 1. The van der Waals surface area contributed by atoms with Crippen LogP contribution in [0.4, 0.5) is 0 Å². The van der Waals surface area contributed by atoms with Crippen LogP contribution < -0.4 is 5.32 Å². The lowest BCUT2D eigenvalue weighted by Crippen LogP contribution is -2.41. The van der Waals surface area contributed by atoms with Crippen molar-refractivity contribution in [2.24, 2.45) is 5.92 Å². The molecule has 82 valence electrons. The van der Waals surface area contributed by atoms with Gasteiger partial charge in [-0.2, -0.15) is 0 Å². The molecule has 2 N–H and O–H groups in total. The maximum absolute atomic E-state index is 9.99. The molecule has 2 rings (SSSR count). The third-order valence-corrected chi connectivity index (χ3v) is 3.62. The van der Waals surface area contributed by atoms with Crippen molar-refractivity contribution in [2.75, 3.05) is 32.7 Å². The van der Waals surface area contributed by atoms with Crippen LogP contribution >= 0.6 is 0 Å². The van der Waals surface area contributed by atoms with E-state index in [0.29, 0.717) is 5.92 Å². The third-order valence-electron chi connectivity index (χ3n) is 3.62. The van der Waals surface area contributed by atoms with Crippen molar-refractivity contribution in [3.8, 4) is 0 Å². The minimum Gasteiger partial charge on any atom is -0.393 e. The molecule has 2 aliphatic heterocycles. The Morgan fingerprint density at radius 1 is 1.29 bits per heavy atom. The fourth-order valence-electron chi connectivity index (χ4n) is 2.38. The molecular weight excluding hydrogens is 176 g/mol. The predicted octanol–water partition coefficient (Wildman–Crippen LogP) is 0.443. The second kappa shape index (κ2) is 5.10. The van der Waals surface area contributed by atoms with E-state index in [1.54, 1.807) is 0 Å². The van der Waals surface area contributed by atoms with Crippen LogP contribution in [0, 0.1) is 5.92 Å². The molecule has 0 aromatic heterocycles. The van der Waals surface area contributed by atoms with Crippen molar-refractivity contribution >= 4 is 0 Å². The molecular formula is C11H22N2O. The average molecular weight is 198 g/mol. The van der Waals surface area contributed by atoms with Crippen LogP contribution in [0.5, 0.6) is 0 Å². The predicted molar refractivity (Wildman–Crippen MR) is 57.3 cm³/mol. The lowest BCUT2D eigenvalue weighted by molar-refractivity contribution is 0.0600. The van der Waals surface area contributed by atoms with Crippen LogP contribution in [-0.2, 0) is 0 Å². The van der Waals surface area contributed by atoms with E-state index in [9.17, 15) is 5.11 Å². The van der Waals surface area contributed by atoms with E-state index in [4.69, 9.17) is 0 Å². The topological polar surface area (TPSA) is 35.5 Å². The minimum absolute atomic E-state index is 0.0577. The molecule has 2 heterocycles. The van der Waals surface area contributed by atoms with Gasteiger partial charge in [-0.05, 0) is 57.8 Å². The third kappa shape index (κ3) is 2.69. The van der Waals surface area contributed by atoms with Crippen molar-refractivity contribution in [3.05, 3.63) is 0 Å². The number of likely N-dealkylation sites (tertiary alicyclic amines) is 1. The summed E-state index contributed by atoms with van der Waals surface area (Å²) in [7, 11) is 0. The van der Waals surface area contributed by atoms with Gasteiger partial charge in [0.25, 0.3) is 0 Å². The number of aliphatic hydroxyl groups is 1. The van der Waals surface area contributed by atoms with Gasteiger partial charge in [0, 0.05) is 6.54 Å². The Labute approximate surface area is 86.5 Å². The number of hydrogen-bond acceptors (Lipinski definition) is 3. The molecule has 3 heteroatoms. The summed E-state index contributed by atoms with van der Waals surface area (Å²) in [5.41, 5.74) is 0. The molecule has 0 radical (unpaired) electrons. The van der Waals surface area contributed by atoms with E-state index in [-0.39, 0.29) is 6.10 Å². The molecule has 0 amide bonds. The van der Waals surface area contributed by atoms with E-state index in [1.165, 1.54) is 19.5 Å². The summed E-state index contributed by atoms with van der Waals surface area (Å²) in [6, 6.07) is 0. The van der Waals surface area contributed by atoms with Crippen molar-refractivity contribution in [1.82, 2.24) is 10.2 Å². The van der Waals surface area contributed by atoms with E-state index < -0.39 is 0 Å². The maximum atomic E-state index is 9.99. The Balaban J connectivity index is 1.62. The van der Waals surface area contributed by atoms with Gasteiger partial charge in [-0.15, -0.1) is 0 Å². The van der Waals surface area contributed by atoms with Crippen LogP contribution in [0.15, 0.2) is 0 Å². The number of hydrogen-bond donors (Lipinski definition) is 2. The summed E-state index contributed by atoms with van der Waals surface area (Å²) in [5, 5.41) is 13.3. The molecule has 14 heavy (non-hydrogen) atoms. The highest BCUT2D eigenvalue weighted by Crippen LogP contribution is 2.19. The molecule has 0 aromatic carbocycles. The number of nitrogens with zero attached hydrogens (tertiary/aromatic N) is 1. The zero-order valence-corrected chi connectivity index (χ0v) is 8.91. The first-order valence-corrected chi connectivity index (χ1v) is 5.97. The van der Waals surface area contributed by atoms with E-state index >= 15 is 0 Å². The molecule has 1 unspecified atom stereocenters. The number of rotatable bonds is 4. The molecule has 2 fully saturated rings. The van der Waals surface area contributed by atoms with Crippen molar-refractivity contribution in [3.63, 3.8) is 0 Å². The van der Waals surface area contributed by atoms with Gasteiger partial charge in [0.05, 0.1) is 6.10 Å². The smallest absolute Gasteiger partial charge is 0.0581 e. The molecule has 0 bridgehead atoms. The summed E-state index contributed by atoms with van der Waals surface area (Å²) >= 11 is 0. The highest BCUT2D eigenvalue weighted by molar-refractivity contribution is 4.77. The number of piperidine rings is 1. The Morgan fingerprint density at radius 2 is 2.00 bits per heavy atom. The van der Waals surface area contributed by atoms with Crippen LogP contribution in [0.2, 0.25) is 0 Å². The Kier molecular flexibility index (Phi) is 3.79. The van der Waals surface area contributed by atoms with Gasteiger partial charge >= 0.3 is 0 Å². The Bertz CT molecular complexity index is 165. The number of aliphatic hydroxyl groups excluding tert-OH is 1. The lowest BCUT2D eigenvalue weighted by atomic mass is 9.90. The van der Waals surface area contributed by atoms with Crippen LogP contribution in [-0.4, -0.2) is 48.8 Å². The second-order valence-electron chi connectivity index (χ2n) is 4.64. The standard InChI is InChI=1S/C11H22N2O/c14-11(4-9-13-7-1-8-13)10-2-5-12-6-3-10/h10-12,14H,1-9H2. The second-order valence-corrected chi connectivity index (χ2v) is 4.64. The summed E-state index contributed by atoms with van der Waals surface area (Å²) in [5.74, 6) is 0.553. The van der Waals surface area contributed by atoms with Crippen molar-refractivity contribution in [1.29, 1.82) is 0 Å². The van der Waals surface area contributed by atoms with Gasteiger partial charge in [-0.3, -0.25) is 0 Å². The largest absolute Gasteiger partial charge is 0.393 e. The fraction of sp³-hybridized carbons (Fsp3) is 1.00. The molecule has 1 atom stereocenters. The van der Waals surface area contributed by atoms with Gasteiger partial charge < -0.3 is 15.3 Å². The highest BCUT2D eigenvalue weighted by Gasteiger charge is 2.22. The first-order valence-electron chi connectivity index (χ1n) is 5.97. The SMILES string of the molecule is OC(CCN1CCC1)C1CCNCC1. The monoisotopic (exact) mass is 198 g/mol. The average Bonchev–Trinajstić information content (AvgIpc) is 2.16. The molecule has 0 aliphatic carbocycles. The fourth-order valence-corrected chi connectivity index (χ4v) is 2.38. The summed E-state index contributed by atoms with van der Waals surface area (Å²) in [4.78, 5) is 2.43. The normalized spacial score (nSPS) is 27.2. The maximum Gasteiger partial charge on any atom is 0.0581 e. The Hall–Kier alpha value is -0.120. The van der Waals surface area contributed by atoms with Gasteiger partial charge in [-0.25, -0.2) is 0 Å². The van der Waals surface area contributed by atoms with Gasteiger partial charge in [0.2, 0.25) is 0 Å². The minimum atomic E-state index is -0.0577. The first kappa shape index (κ1) is 10.4.